The maximum atomic E-state index is 14.5. The van der Waals surface area contributed by atoms with Crippen LogP contribution in [-0.2, 0) is 27.8 Å². The summed E-state index contributed by atoms with van der Waals surface area (Å²) < 4.78 is 57.3. The van der Waals surface area contributed by atoms with Gasteiger partial charge in [0.1, 0.15) is 24.1 Å². The van der Waals surface area contributed by atoms with Crippen LogP contribution in [0.1, 0.15) is 80.3 Å². The van der Waals surface area contributed by atoms with Crippen molar-refractivity contribution in [2.45, 2.75) is 94.9 Å². The van der Waals surface area contributed by atoms with Crippen molar-refractivity contribution >= 4 is 33.2 Å². The molecule has 2 aromatic carbocycles. The van der Waals surface area contributed by atoms with Crippen molar-refractivity contribution in [2.24, 2.45) is 17.8 Å². The summed E-state index contributed by atoms with van der Waals surface area (Å²) in [5.41, 5.74) is 2.72. The quantitative estimate of drug-likeness (QED) is 0.348. The van der Waals surface area contributed by atoms with E-state index in [0.29, 0.717) is 49.1 Å². The third-order valence-electron chi connectivity index (χ3n) is 13.0. The Bertz CT molecular complexity index is 1780. The minimum absolute atomic E-state index is 0.209. The molecule has 4 aliphatic heterocycles. The molecule has 1 aliphatic carbocycles. The van der Waals surface area contributed by atoms with Crippen molar-refractivity contribution in [3.8, 4) is 5.75 Å². The van der Waals surface area contributed by atoms with Crippen LogP contribution in [-0.4, -0.2) is 100 Å². The van der Waals surface area contributed by atoms with E-state index in [4.69, 9.17) is 21.1 Å². The number of hydrogen-bond acceptors (Lipinski definition) is 8. The summed E-state index contributed by atoms with van der Waals surface area (Å²) in [5, 5.41) is -0.1000. The Hall–Kier alpha value is -2.70. The summed E-state index contributed by atoms with van der Waals surface area (Å²) in [4.78, 5) is 20.9. The van der Waals surface area contributed by atoms with Crippen LogP contribution in [0.15, 0.2) is 48.6 Å². The van der Waals surface area contributed by atoms with Crippen LogP contribution < -0.4 is 14.4 Å². The van der Waals surface area contributed by atoms with Gasteiger partial charge in [-0.2, -0.15) is 0 Å². The summed E-state index contributed by atoms with van der Waals surface area (Å²) in [6.45, 7) is 9.59. The topological polar surface area (TPSA) is 91.4 Å². The van der Waals surface area contributed by atoms with Gasteiger partial charge in [0.2, 0.25) is 10.0 Å². The Morgan fingerprint density at radius 3 is 2.66 bits per heavy atom. The predicted molar refractivity (Wildman–Crippen MR) is 208 cm³/mol. The molecule has 0 radical (unpaired) electrons. The number of piperazine rings is 1. The van der Waals surface area contributed by atoms with Crippen LogP contribution in [0.5, 0.6) is 5.75 Å². The van der Waals surface area contributed by atoms with Crippen LogP contribution in [0, 0.1) is 17.8 Å². The lowest BCUT2D eigenvalue weighted by Crippen LogP contribution is -2.61. The highest BCUT2D eigenvalue weighted by Gasteiger charge is 2.49. The highest BCUT2D eigenvalue weighted by molar-refractivity contribution is 7.90. The average molecular weight is 771 g/mol. The molecular weight excluding hydrogens is 715 g/mol. The lowest BCUT2D eigenvalue weighted by molar-refractivity contribution is -0.101. The molecule has 12 heteroatoms. The third kappa shape index (κ3) is 8.44. The van der Waals surface area contributed by atoms with Gasteiger partial charge in [-0.15, -0.1) is 0 Å². The summed E-state index contributed by atoms with van der Waals surface area (Å²) in [5.74, 6) is 0.285. The Morgan fingerprint density at radius 2 is 1.87 bits per heavy atom. The Kier molecular flexibility index (Phi) is 11.8. The number of methoxy groups -OCH3 is 1. The summed E-state index contributed by atoms with van der Waals surface area (Å²) >= 11 is 6.40. The highest BCUT2D eigenvalue weighted by atomic mass is 35.5. The molecule has 0 aromatic heterocycles. The molecular formula is C41H56ClFN4O5S. The number of hydrogen-bond donors (Lipinski definition) is 1. The number of anilines is 1. The number of sulfonamides is 1. The number of fused-ring (bicyclic) bond motifs is 4. The molecule has 1 amide bonds. The van der Waals surface area contributed by atoms with Gasteiger partial charge in [-0.1, -0.05) is 36.7 Å². The van der Waals surface area contributed by atoms with E-state index >= 15 is 0 Å². The Morgan fingerprint density at radius 1 is 1.02 bits per heavy atom. The van der Waals surface area contributed by atoms with Crippen LogP contribution >= 0.6 is 11.6 Å². The molecule has 3 fully saturated rings. The van der Waals surface area contributed by atoms with Crippen molar-refractivity contribution in [3.05, 3.63) is 70.3 Å². The summed E-state index contributed by atoms with van der Waals surface area (Å²) in [7, 11) is -2.17. The van der Waals surface area contributed by atoms with E-state index in [1.807, 2.05) is 32.2 Å². The van der Waals surface area contributed by atoms with Crippen molar-refractivity contribution in [1.29, 1.82) is 0 Å². The number of ether oxygens (including phenoxy) is 2. The maximum absolute atomic E-state index is 14.5. The molecule has 290 valence electrons. The largest absolute Gasteiger partial charge is 0.487 e. The van der Waals surface area contributed by atoms with Crippen molar-refractivity contribution in [3.63, 3.8) is 0 Å². The van der Waals surface area contributed by atoms with Crippen LogP contribution in [0.3, 0.4) is 0 Å². The van der Waals surface area contributed by atoms with E-state index in [9.17, 15) is 17.6 Å². The average Bonchev–Trinajstić information content (AvgIpc) is 3.15. The first-order valence-corrected chi connectivity index (χ1v) is 21.6. The van der Waals surface area contributed by atoms with Gasteiger partial charge in [-0.3, -0.25) is 14.6 Å². The molecule has 2 bridgehead atoms. The molecule has 1 saturated carbocycles. The van der Waals surface area contributed by atoms with Crippen molar-refractivity contribution < 1.29 is 27.1 Å². The molecule has 7 rings (SSSR count). The number of nitrogens with one attached hydrogen (secondary N) is 1. The molecule has 53 heavy (non-hydrogen) atoms. The molecule has 9 nitrogen and oxygen atoms in total. The molecule has 0 unspecified atom stereocenters. The lowest BCUT2D eigenvalue weighted by Gasteiger charge is -2.53. The van der Waals surface area contributed by atoms with Crippen LogP contribution in [0.4, 0.5) is 10.1 Å². The first-order valence-electron chi connectivity index (χ1n) is 19.6. The number of amides is 1. The maximum Gasteiger partial charge on any atom is 0.264 e. The molecule has 2 saturated heterocycles. The SMILES string of the molecule is CO[C@]1(CN2CCN3CC[C@@H](F)C[C@@H]3C2)/C=C/C[C@H](C)[C@@H](C)S(=O)(=O)NC(=O)c2ccc3c(c2)N(CCCCc2cc(Cl)ccc2CO3)C[C@@H]2CC[C@H]21. The molecule has 7 atom stereocenters. The number of aryl methyl sites for hydroxylation is 1. The minimum Gasteiger partial charge on any atom is -0.487 e. The second kappa shape index (κ2) is 16.2. The van der Waals surface area contributed by atoms with Crippen molar-refractivity contribution in [2.75, 3.05) is 57.8 Å². The van der Waals surface area contributed by atoms with E-state index in [0.717, 1.165) is 82.6 Å². The predicted octanol–water partition coefficient (Wildman–Crippen LogP) is 6.64. The standard InChI is InChI=1S/C41H56ClFN4O5S/c1-28-7-6-16-41(51-3,27-45-19-20-46-18-15-35(43)23-36(46)25-45)37-13-10-32(37)24-47-17-5-4-8-30-21-34(42)12-9-33(30)26-52-39-14-11-31(22-38(39)47)40(48)44-53(49,50)29(28)2/h6,9,11-12,14,16,21-22,28-29,32,35-37H,4-5,7-8,10,13,15,17-20,23-27H2,1-3H3,(H,44,48)/b16-6+/t28-,29+,32-,35+,36+,37+,41-/m0/s1. The fraction of sp³-hybridized carbons (Fsp3) is 0.634. The number of halogens is 2. The number of piperidine rings is 1. The van der Waals surface area contributed by atoms with Crippen LogP contribution in [0.2, 0.25) is 5.02 Å². The Balaban J connectivity index is 1.24. The van der Waals surface area contributed by atoms with E-state index in [1.54, 1.807) is 25.1 Å². The number of allylic oxidation sites excluding steroid dienone is 1. The number of nitrogens with zero attached hydrogens (tertiary/aromatic N) is 3. The van der Waals surface area contributed by atoms with Gasteiger partial charge in [0.25, 0.3) is 5.91 Å². The molecule has 0 spiro atoms. The molecule has 5 aliphatic rings. The minimum atomic E-state index is -3.98. The summed E-state index contributed by atoms with van der Waals surface area (Å²) in [6.07, 6.45) is 10.1. The number of benzene rings is 2. The second-order valence-corrected chi connectivity index (χ2v) is 18.7. The number of alkyl halides is 1. The van der Waals surface area contributed by atoms with E-state index in [1.165, 1.54) is 5.56 Å². The van der Waals surface area contributed by atoms with Gasteiger partial charge in [0.15, 0.2) is 0 Å². The zero-order chi connectivity index (χ0) is 37.3. The van der Waals surface area contributed by atoms with Gasteiger partial charge in [0.05, 0.1) is 10.9 Å². The van der Waals surface area contributed by atoms with E-state index in [-0.39, 0.29) is 23.4 Å². The zero-order valence-electron chi connectivity index (χ0n) is 31.4. The normalized spacial score (nSPS) is 33.5. The van der Waals surface area contributed by atoms with E-state index < -0.39 is 33.0 Å². The Labute approximate surface area is 320 Å². The lowest BCUT2D eigenvalue weighted by atomic mass is 9.63. The fourth-order valence-corrected chi connectivity index (χ4v) is 10.8. The van der Waals surface area contributed by atoms with Gasteiger partial charge in [-0.05, 0) is 118 Å². The van der Waals surface area contributed by atoms with Crippen molar-refractivity contribution in [1.82, 2.24) is 14.5 Å². The smallest absolute Gasteiger partial charge is 0.264 e. The zero-order valence-corrected chi connectivity index (χ0v) is 33.0. The van der Waals surface area contributed by atoms with E-state index in [2.05, 4.69) is 31.6 Å². The van der Waals surface area contributed by atoms with Crippen LogP contribution in [0.25, 0.3) is 0 Å². The molecule has 1 N–H and O–H groups in total. The molecule has 4 heterocycles. The third-order valence-corrected chi connectivity index (χ3v) is 15.1. The first-order chi connectivity index (χ1) is 25.4. The second-order valence-electron chi connectivity index (χ2n) is 16.2. The monoisotopic (exact) mass is 770 g/mol. The van der Waals surface area contributed by atoms with Gasteiger partial charge >= 0.3 is 0 Å². The number of carbonyl (C=O) groups excluding carboxylic acids is 1. The van der Waals surface area contributed by atoms with Gasteiger partial charge in [-0.25, -0.2) is 17.5 Å². The fourth-order valence-electron chi connectivity index (χ4n) is 9.32. The first kappa shape index (κ1) is 38.6. The van der Waals surface area contributed by atoms with Gasteiger partial charge < -0.3 is 14.4 Å². The number of rotatable bonds is 3. The number of carbonyl (C=O) groups is 1. The highest BCUT2D eigenvalue weighted by Crippen LogP contribution is 2.47. The summed E-state index contributed by atoms with van der Waals surface area (Å²) in [6, 6.07) is 11.4. The molecule has 2 aromatic rings. The van der Waals surface area contributed by atoms with Gasteiger partial charge in [0, 0.05) is 69.6 Å².